The first-order valence-electron chi connectivity index (χ1n) is 6.81. The SMILES string of the molecule is C#C[C@@H](O[C@@H]1C[C@]2(O)C[C@@H](OC2=O)[C@@H]1O)c1ccccc1. The summed E-state index contributed by atoms with van der Waals surface area (Å²) in [5, 5.41) is 20.4. The van der Waals surface area contributed by atoms with E-state index < -0.39 is 36.0 Å². The minimum atomic E-state index is -1.58. The lowest BCUT2D eigenvalue weighted by Crippen LogP contribution is -2.49. The van der Waals surface area contributed by atoms with Gasteiger partial charge in [-0.1, -0.05) is 36.3 Å². The summed E-state index contributed by atoms with van der Waals surface area (Å²) < 4.78 is 10.7. The van der Waals surface area contributed by atoms with Gasteiger partial charge in [-0.2, -0.15) is 0 Å². The van der Waals surface area contributed by atoms with Gasteiger partial charge in [-0.25, -0.2) is 4.79 Å². The molecule has 2 fully saturated rings. The van der Waals surface area contributed by atoms with Gasteiger partial charge in [0.15, 0.2) is 5.60 Å². The number of aliphatic hydroxyl groups excluding tert-OH is 1. The van der Waals surface area contributed by atoms with Crippen molar-refractivity contribution in [3.63, 3.8) is 0 Å². The van der Waals surface area contributed by atoms with Crippen LogP contribution in [0.3, 0.4) is 0 Å². The Morgan fingerprint density at radius 1 is 1.38 bits per heavy atom. The number of benzene rings is 1. The molecular formula is C16H16O5. The summed E-state index contributed by atoms with van der Waals surface area (Å²) in [7, 11) is 0. The smallest absolute Gasteiger partial charge is 0.338 e. The van der Waals surface area contributed by atoms with E-state index in [9.17, 15) is 15.0 Å². The van der Waals surface area contributed by atoms with Crippen LogP contribution in [-0.2, 0) is 14.3 Å². The largest absolute Gasteiger partial charge is 0.457 e. The minimum absolute atomic E-state index is 0.0193. The zero-order valence-corrected chi connectivity index (χ0v) is 11.3. The Hall–Kier alpha value is -1.87. The maximum absolute atomic E-state index is 11.6. The van der Waals surface area contributed by atoms with Crippen LogP contribution in [0.4, 0.5) is 0 Å². The maximum atomic E-state index is 11.6. The second kappa shape index (κ2) is 5.15. The first-order chi connectivity index (χ1) is 10.0. The Balaban J connectivity index is 1.78. The van der Waals surface area contributed by atoms with E-state index in [1.54, 1.807) is 0 Å². The molecule has 21 heavy (non-hydrogen) atoms. The van der Waals surface area contributed by atoms with Crippen LogP contribution in [-0.4, -0.2) is 40.1 Å². The van der Waals surface area contributed by atoms with Crippen LogP contribution in [0.25, 0.3) is 0 Å². The van der Waals surface area contributed by atoms with Gasteiger partial charge < -0.3 is 19.7 Å². The van der Waals surface area contributed by atoms with Crippen LogP contribution >= 0.6 is 0 Å². The zero-order chi connectivity index (χ0) is 15.0. The van der Waals surface area contributed by atoms with E-state index in [-0.39, 0.29) is 12.8 Å². The topological polar surface area (TPSA) is 76.0 Å². The second-order valence-electron chi connectivity index (χ2n) is 5.51. The second-order valence-corrected chi connectivity index (χ2v) is 5.51. The molecule has 1 aromatic rings. The lowest BCUT2D eigenvalue weighted by molar-refractivity contribution is -0.154. The van der Waals surface area contributed by atoms with Gasteiger partial charge in [0.2, 0.25) is 0 Å². The van der Waals surface area contributed by atoms with Crippen molar-refractivity contribution in [1.29, 1.82) is 0 Å². The van der Waals surface area contributed by atoms with Crippen molar-refractivity contribution >= 4 is 5.97 Å². The van der Waals surface area contributed by atoms with Crippen LogP contribution in [0.1, 0.15) is 24.5 Å². The van der Waals surface area contributed by atoms with E-state index in [2.05, 4.69) is 5.92 Å². The molecule has 1 aliphatic carbocycles. The number of aliphatic hydroxyl groups is 2. The molecule has 1 saturated carbocycles. The number of hydrogen-bond acceptors (Lipinski definition) is 5. The predicted molar refractivity (Wildman–Crippen MR) is 73.0 cm³/mol. The maximum Gasteiger partial charge on any atom is 0.338 e. The van der Waals surface area contributed by atoms with Gasteiger partial charge in [-0.05, 0) is 5.56 Å². The summed E-state index contributed by atoms with van der Waals surface area (Å²) >= 11 is 0. The van der Waals surface area contributed by atoms with Crippen molar-refractivity contribution < 1.29 is 24.5 Å². The fourth-order valence-corrected chi connectivity index (χ4v) is 2.90. The number of rotatable bonds is 3. The average Bonchev–Trinajstić information content (AvgIpc) is 2.75. The number of esters is 1. The molecule has 0 aromatic heterocycles. The van der Waals surface area contributed by atoms with Gasteiger partial charge in [0, 0.05) is 12.8 Å². The number of hydrogen-bond donors (Lipinski definition) is 2. The molecule has 0 radical (unpaired) electrons. The summed E-state index contributed by atoms with van der Waals surface area (Å²) in [5.41, 5.74) is -0.797. The molecule has 110 valence electrons. The van der Waals surface area contributed by atoms with Gasteiger partial charge >= 0.3 is 5.97 Å². The van der Waals surface area contributed by atoms with E-state index in [0.717, 1.165) is 5.56 Å². The molecule has 1 heterocycles. The van der Waals surface area contributed by atoms with Crippen LogP contribution in [0.15, 0.2) is 30.3 Å². The molecule has 0 amide bonds. The summed E-state index contributed by atoms with van der Waals surface area (Å²) in [6, 6.07) is 9.19. The van der Waals surface area contributed by atoms with Crippen molar-refractivity contribution in [2.75, 3.05) is 0 Å². The number of ether oxygens (including phenoxy) is 2. The van der Waals surface area contributed by atoms with E-state index in [1.165, 1.54) is 0 Å². The van der Waals surface area contributed by atoms with E-state index in [4.69, 9.17) is 15.9 Å². The summed E-state index contributed by atoms with van der Waals surface area (Å²) in [6.07, 6.45) is 2.44. The van der Waals surface area contributed by atoms with Crippen LogP contribution in [0.2, 0.25) is 0 Å². The quantitative estimate of drug-likeness (QED) is 0.628. The Morgan fingerprint density at radius 3 is 2.76 bits per heavy atom. The molecule has 5 atom stereocenters. The highest BCUT2D eigenvalue weighted by molar-refractivity contribution is 5.82. The van der Waals surface area contributed by atoms with Crippen molar-refractivity contribution in [3.8, 4) is 12.3 Å². The molecule has 3 rings (SSSR count). The predicted octanol–water partition coefficient (Wildman–Crippen LogP) is 0.557. The number of carbonyl (C=O) groups excluding carboxylic acids is 1. The number of terminal acetylenes is 1. The lowest BCUT2D eigenvalue weighted by Gasteiger charge is -2.34. The molecule has 5 nitrogen and oxygen atoms in total. The molecule has 1 aromatic carbocycles. The Morgan fingerprint density at radius 2 is 2.10 bits per heavy atom. The highest BCUT2D eigenvalue weighted by Crippen LogP contribution is 2.40. The molecular weight excluding hydrogens is 272 g/mol. The zero-order valence-electron chi connectivity index (χ0n) is 11.3. The summed E-state index contributed by atoms with van der Waals surface area (Å²) in [4.78, 5) is 11.6. The Kier molecular flexibility index (Phi) is 3.46. The fourth-order valence-electron chi connectivity index (χ4n) is 2.90. The van der Waals surface area contributed by atoms with Crippen molar-refractivity contribution in [1.82, 2.24) is 0 Å². The summed E-state index contributed by atoms with van der Waals surface area (Å²) in [5.74, 6) is 1.82. The van der Waals surface area contributed by atoms with Gasteiger partial charge in [-0.3, -0.25) is 0 Å². The minimum Gasteiger partial charge on any atom is -0.457 e. The molecule has 0 spiro atoms. The first kappa shape index (κ1) is 14.1. The summed E-state index contributed by atoms with van der Waals surface area (Å²) in [6.45, 7) is 0. The van der Waals surface area contributed by atoms with Crippen molar-refractivity contribution in [2.24, 2.45) is 0 Å². The number of carbonyl (C=O) groups is 1. The highest BCUT2D eigenvalue weighted by Gasteiger charge is 2.58. The first-order valence-corrected chi connectivity index (χ1v) is 6.81. The normalized spacial score (nSPS) is 35.9. The molecule has 2 bridgehead atoms. The third-order valence-corrected chi connectivity index (χ3v) is 4.04. The van der Waals surface area contributed by atoms with Crippen LogP contribution in [0.5, 0.6) is 0 Å². The van der Waals surface area contributed by atoms with E-state index in [0.29, 0.717) is 0 Å². The van der Waals surface area contributed by atoms with Gasteiger partial charge in [-0.15, -0.1) is 6.42 Å². The third-order valence-electron chi connectivity index (χ3n) is 4.04. The number of fused-ring (bicyclic) bond motifs is 2. The van der Waals surface area contributed by atoms with Crippen molar-refractivity contribution in [3.05, 3.63) is 35.9 Å². The highest BCUT2D eigenvalue weighted by atomic mass is 16.6. The Labute approximate surface area is 122 Å². The van der Waals surface area contributed by atoms with E-state index in [1.807, 2.05) is 30.3 Å². The fraction of sp³-hybridized carbons (Fsp3) is 0.438. The van der Waals surface area contributed by atoms with Crippen molar-refractivity contribution in [2.45, 2.75) is 42.9 Å². The average molecular weight is 288 g/mol. The van der Waals surface area contributed by atoms with E-state index >= 15 is 0 Å². The van der Waals surface area contributed by atoms with Gasteiger partial charge in [0.1, 0.15) is 18.3 Å². The lowest BCUT2D eigenvalue weighted by atomic mass is 9.82. The third kappa shape index (κ3) is 2.42. The molecule has 5 heteroatoms. The monoisotopic (exact) mass is 288 g/mol. The standard InChI is InChI=1S/C16H16O5/c1-2-11(10-6-4-3-5-7-10)20-12-8-16(19)9-13(14(12)17)21-15(16)18/h1,3-7,11-14,17,19H,8-9H2/t11-,12-,13-,14-,16+/m1/s1. The molecule has 2 aliphatic rings. The molecule has 2 N–H and O–H groups in total. The van der Waals surface area contributed by atoms with Gasteiger partial charge in [0.05, 0.1) is 6.10 Å². The molecule has 0 unspecified atom stereocenters. The van der Waals surface area contributed by atoms with Gasteiger partial charge in [0.25, 0.3) is 0 Å². The van der Waals surface area contributed by atoms with Crippen LogP contribution < -0.4 is 0 Å². The molecule has 1 saturated heterocycles. The van der Waals surface area contributed by atoms with Crippen LogP contribution in [0, 0.1) is 12.3 Å². The molecule has 1 aliphatic heterocycles. The Bertz CT molecular complexity index is 578.